The molecule has 1 aromatic carbocycles. The van der Waals surface area contributed by atoms with Gasteiger partial charge in [-0.1, -0.05) is 31.2 Å². The molecule has 0 bridgehead atoms. The quantitative estimate of drug-likeness (QED) is 0.634. The van der Waals surface area contributed by atoms with Gasteiger partial charge in [0.05, 0.1) is 6.54 Å². The summed E-state index contributed by atoms with van der Waals surface area (Å²) >= 11 is 1.34. The number of likely N-dealkylation sites (N-methyl/N-ethyl adjacent to an activating group) is 1. The van der Waals surface area contributed by atoms with Crippen molar-refractivity contribution in [1.82, 2.24) is 15.2 Å². The van der Waals surface area contributed by atoms with Crippen LogP contribution in [0.1, 0.15) is 43.7 Å². The Labute approximate surface area is 175 Å². The third-order valence-electron chi connectivity index (χ3n) is 4.17. The maximum Gasteiger partial charge on any atom is 0.358 e. The minimum absolute atomic E-state index is 0.00817. The van der Waals surface area contributed by atoms with Crippen LogP contribution in [0.5, 0.6) is 0 Å². The van der Waals surface area contributed by atoms with Gasteiger partial charge in [-0.15, -0.1) is 11.3 Å². The Morgan fingerprint density at radius 2 is 1.86 bits per heavy atom. The third kappa shape index (κ3) is 6.67. The Bertz CT molecular complexity index is 846. The third-order valence-corrected chi connectivity index (χ3v) is 5.06. The van der Waals surface area contributed by atoms with Crippen LogP contribution in [-0.4, -0.2) is 53.4 Å². The summed E-state index contributed by atoms with van der Waals surface area (Å²) in [5, 5.41) is 5.06. The summed E-state index contributed by atoms with van der Waals surface area (Å²) in [6, 6.07) is 7.99. The van der Waals surface area contributed by atoms with Crippen LogP contribution in [0.15, 0.2) is 29.6 Å². The van der Waals surface area contributed by atoms with Gasteiger partial charge in [0.25, 0.3) is 5.91 Å². The lowest BCUT2D eigenvalue weighted by atomic mass is 10.1. The highest BCUT2D eigenvalue weighted by Crippen LogP contribution is 2.24. The minimum Gasteiger partial charge on any atom is -0.451 e. The Hall–Kier alpha value is -2.74. The summed E-state index contributed by atoms with van der Waals surface area (Å²) < 4.78 is 5.10. The number of hydrogen-bond donors (Lipinski definition) is 1. The Morgan fingerprint density at radius 3 is 2.45 bits per heavy atom. The first-order valence-electron chi connectivity index (χ1n) is 9.63. The highest BCUT2D eigenvalue weighted by atomic mass is 32.1. The van der Waals surface area contributed by atoms with Crippen LogP contribution in [0.25, 0.3) is 10.6 Å². The molecule has 0 atom stereocenters. The molecular weight excluding hydrogens is 390 g/mol. The zero-order valence-corrected chi connectivity index (χ0v) is 18.0. The standard InChI is InChI=1S/C21H27N3O4S/c1-5-15-7-9-16(10-8-15)20-23-17(13-29-20)21(27)28-12-19(26)24(6-2)11-18(25)22-14(3)4/h7-10,13-14H,5-6,11-12H2,1-4H3,(H,22,25). The summed E-state index contributed by atoms with van der Waals surface area (Å²) in [5.74, 6) is -1.33. The smallest absolute Gasteiger partial charge is 0.358 e. The molecule has 0 spiro atoms. The average molecular weight is 418 g/mol. The van der Waals surface area contributed by atoms with E-state index in [2.05, 4.69) is 17.2 Å². The van der Waals surface area contributed by atoms with Crippen LogP contribution in [0.4, 0.5) is 0 Å². The second-order valence-electron chi connectivity index (χ2n) is 6.79. The largest absolute Gasteiger partial charge is 0.451 e. The van der Waals surface area contributed by atoms with Crippen molar-refractivity contribution in [2.75, 3.05) is 19.7 Å². The molecule has 0 saturated heterocycles. The van der Waals surface area contributed by atoms with Crippen molar-refractivity contribution in [1.29, 1.82) is 0 Å². The normalized spacial score (nSPS) is 10.7. The molecule has 29 heavy (non-hydrogen) atoms. The monoisotopic (exact) mass is 417 g/mol. The first-order chi connectivity index (χ1) is 13.8. The van der Waals surface area contributed by atoms with Crippen molar-refractivity contribution >= 4 is 29.1 Å². The minimum atomic E-state index is -0.659. The molecule has 0 aliphatic rings. The number of carbonyl (C=O) groups excluding carboxylic acids is 3. The summed E-state index contributed by atoms with van der Waals surface area (Å²) in [7, 11) is 0. The van der Waals surface area contributed by atoms with Crippen LogP contribution in [0.2, 0.25) is 0 Å². The zero-order chi connectivity index (χ0) is 21.4. The number of nitrogens with zero attached hydrogens (tertiary/aromatic N) is 2. The Morgan fingerprint density at radius 1 is 1.17 bits per heavy atom. The number of amides is 2. The molecule has 1 N–H and O–H groups in total. The molecular formula is C21H27N3O4S. The highest BCUT2D eigenvalue weighted by Gasteiger charge is 2.19. The second kappa shape index (κ2) is 10.7. The molecule has 156 valence electrons. The van der Waals surface area contributed by atoms with E-state index in [0.717, 1.165) is 12.0 Å². The SMILES string of the molecule is CCc1ccc(-c2nc(C(=O)OCC(=O)N(CC)CC(=O)NC(C)C)cs2)cc1. The molecule has 0 aliphatic heterocycles. The van der Waals surface area contributed by atoms with Gasteiger partial charge in [0, 0.05) is 23.5 Å². The molecule has 8 heteroatoms. The van der Waals surface area contributed by atoms with Crippen LogP contribution in [0, 0.1) is 0 Å². The summed E-state index contributed by atoms with van der Waals surface area (Å²) in [6.07, 6.45) is 0.956. The van der Waals surface area contributed by atoms with E-state index in [4.69, 9.17) is 4.74 Å². The van der Waals surface area contributed by atoms with Crippen molar-refractivity contribution in [3.63, 3.8) is 0 Å². The maximum atomic E-state index is 12.3. The molecule has 1 aromatic heterocycles. The first kappa shape index (κ1) is 22.5. The van der Waals surface area contributed by atoms with E-state index in [1.807, 2.05) is 38.1 Å². The van der Waals surface area contributed by atoms with E-state index in [1.165, 1.54) is 21.8 Å². The predicted octanol–water partition coefficient (Wildman–Crippen LogP) is 2.90. The van der Waals surface area contributed by atoms with Crippen LogP contribution < -0.4 is 5.32 Å². The molecule has 0 fully saturated rings. The molecule has 7 nitrogen and oxygen atoms in total. The fourth-order valence-electron chi connectivity index (χ4n) is 2.59. The highest BCUT2D eigenvalue weighted by molar-refractivity contribution is 7.13. The number of nitrogens with one attached hydrogen (secondary N) is 1. The van der Waals surface area contributed by atoms with Crippen molar-refractivity contribution in [3.05, 3.63) is 40.9 Å². The van der Waals surface area contributed by atoms with Gasteiger partial charge in [-0.3, -0.25) is 9.59 Å². The lowest BCUT2D eigenvalue weighted by molar-refractivity contribution is -0.138. The van der Waals surface area contributed by atoms with E-state index in [-0.39, 0.29) is 24.2 Å². The van der Waals surface area contributed by atoms with Gasteiger partial charge in [-0.05, 0) is 32.8 Å². The number of aromatic nitrogens is 1. The lowest BCUT2D eigenvalue weighted by Gasteiger charge is -2.20. The number of hydrogen-bond acceptors (Lipinski definition) is 6. The van der Waals surface area contributed by atoms with E-state index >= 15 is 0 Å². The van der Waals surface area contributed by atoms with E-state index in [1.54, 1.807) is 12.3 Å². The summed E-state index contributed by atoms with van der Waals surface area (Å²) in [6.45, 7) is 7.38. The molecule has 2 amide bonds. The molecule has 0 unspecified atom stereocenters. The average Bonchev–Trinajstić information content (AvgIpc) is 3.19. The Balaban J connectivity index is 1.92. The van der Waals surface area contributed by atoms with Crippen LogP contribution in [-0.2, 0) is 20.7 Å². The maximum absolute atomic E-state index is 12.3. The van der Waals surface area contributed by atoms with Crippen molar-refractivity contribution in [2.24, 2.45) is 0 Å². The number of ether oxygens (including phenoxy) is 1. The van der Waals surface area contributed by atoms with E-state index in [9.17, 15) is 14.4 Å². The molecule has 0 radical (unpaired) electrons. The van der Waals surface area contributed by atoms with Crippen molar-refractivity contribution < 1.29 is 19.1 Å². The van der Waals surface area contributed by atoms with Crippen LogP contribution in [0.3, 0.4) is 0 Å². The molecule has 1 heterocycles. The Kier molecular flexibility index (Phi) is 8.33. The van der Waals surface area contributed by atoms with Gasteiger partial charge in [-0.2, -0.15) is 0 Å². The summed E-state index contributed by atoms with van der Waals surface area (Å²) in [5.41, 5.74) is 2.32. The first-order valence-corrected chi connectivity index (χ1v) is 10.5. The molecule has 2 rings (SSSR count). The van der Waals surface area contributed by atoms with Gasteiger partial charge in [0.2, 0.25) is 5.91 Å². The van der Waals surface area contributed by atoms with Crippen molar-refractivity contribution in [2.45, 2.75) is 40.2 Å². The van der Waals surface area contributed by atoms with Gasteiger partial charge in [0.15, 0.2) is 12.3 Å². The van der Waals surface area contributed by atoms with Gasteiger partial charge in [0.1, 0.15) is 5.01 Å². The molecule has 0 saturated carbocycles. The zero-order valence-electron chi connectivity index (χ0n) is 17.2. The van der Waals surface area contributed by atoms with Gasteiger partial charge < -0.3 is 15.0 Å². The fourth-order valence-corrected chi connectivity index (χ4v) is 3.39. The molecule has 0 aliphatic carbocycles. The second-order valence-corrected chi connectivity index (χ2v) is 7.65. The van der Waals surface area contributed by atoms with Crippen LogP contribution >= 0.6 is 11.3 Å². The predicted molar refractivity (Wildman–Crippen MR) is 113 cm³/mol. The number of thiazole rings is 1. The van der Waals surface area contributed by atoms with Gasteiger partial charge >= 0.3 is 5.97 Å². The van der Waals surface area contributed by atoms with E-state index in [0.29, 0.717) is 11.6 Å². The number of carbonyl (C=O) groups is 3. The van der Waals surface area contributed by atoms with Crippen molar-refractivity contribution in [3.8, 4) is 10.6 Å². The number of rotatable bonds is 9. The molecule has 2 aromatic rings. The lowest BCUT2D eigenvalue weighted by Crippen LogP contribution is -2.44. The number of esters is 1. The summed E-state index contributed by atoms with van der Waals surface area (Å²) in [4.78, 5) is 42.0. The van der Waals surface area contributed by atoms with Gasteiger partial charge in [-0.25, -0.2) is 9.78 Å². The topological polar surface area (TPSA) is 88.6 Å². The van der Waals surface area contributed by atoms with E-state index < -0.39 is 18.5 Å². The fraction of sp³-hybridized carbons (Fsp3) is 0.429. The number of aryl methyl sites for hydroxylation is 1. The number of benzene rings is 1.